The number of nitrogens with one attached hydrogen (secondary N) is 1. The van der Waals surface area contributed by atoms with Crippen molar-refractivity contribution < 1.29 is 18.3 Å². The Morgan fingerprint density at radius 2 is 1.90 bits per heavy atom. The van der Waals surface area contributed by atoms with Gasteiger partial charge in [-0.25, -0.2) is 4.39 Å². The highest BCUT2D eigenvalue weighted by molar-refractivity contribution is 8.00. The van der Waals surface area contributed by atoms with E-state index in [1.165, 1.54) is 17.7 Å². The van der Waals surface area contributed by atoms with Gasteiger partial charge in [-0.3, -0.25) is 4.79 Å². The van der Waals surface area contributed by atoms with Crippen molar-refractivity contribution in [3.05, 3.63) is 65.8 Å². The van der Waals surface area contributed by atoms with E-state index in [1.807, 2.05) is 24.3 Å². The number of aryl methyl sites for hydroxylation is 1. The van der Waals surface area contributed by atoms with Gasteiger partial charge in [-0.2, -0.15) is 0 Å². The van der Waals surface area contributed by atoms with Crippen LogP contribution in [-0.4, -0.2) is 21.4 Å². The minimum Gasteiger partial charge on any atom is -0.478 e. The maximum atomic E-state index is 13.7. The number of amides is 1. The van der Waals surface area contributed by atoms with Crippen molar-refractivity contribution in [3.63, 3.8) is 0 Å². The summed E-state index contributed by atoms with van der Waals surface area (Å²) in [5.74, 6) is -0.326. The number of aromatic nitrogens is 2. The Morgan fingerprint density at radius 3 is 2.59 bits per heavy atom. The molecule has 152 valence electrons. The average molecular weight is 415 g/mol. The predicted molar refractivity (Wildman–Crippen MR) is 110 cm³/mol. The number of para-hydroxylation sites is 1. The summed E-state index contributed by atoms with van der Waals surface area (Å²) in [5, 5.41) is 10.5. The van der Waals surface area contributed by atoms with Crippen molar-refractivity contribution in [2.45, 2.75) is 43.8 Å². The van der Waals surface area contributed by atoms with Gasteiger partial charge in [0.15, 0.2) is 17.7 Å². The van der Waals surface area contributed by atoms with Crippen molar-refractivity contribution in [1.29, 1.82) is 0 Å². The second kappa shape index (κ2) is 9.56. The van der Waals surface area contributed by atoms with E-state index in [0.29, 0.717) is 0 Å². The van der Waals surface area contributed by atoms with Gasteiger partial charge in [0.2, 0.25) is 5.91 Å². The van der Waals surface area contributed by atoms with E-state index in [-0.39, 0.29) is 22.8 Å². The van der Waals surface area contributed by atoms with Crippen LogP contribution in [0.2, 0.25) is 0 Å². The number of carbonyl (C=O) groups excluding carboxylic acids is 1. The summed E-state index contributed by atoms with van der Waals surface area (Å²) in [6.45, 7) is 5.52. The normalized spacial score (nSPS) is 13.0. The summed E-state index contributed by atoms with van der Waals surface area (Å²) in [6.07, 6.45) is 0.314. The first-order chi connectivity index (χ1) is 14.0. The Hall–Kier alpha value is -2.87. The molecule has 2 aromatic carbocycles. The van der Waals surface area contributed by atoms with Crippen LogP contribution in [0.4, 0.5) is 10.1 Å². The third-order valence-electron chi connectivity index (χ3n) is 4.19. The van der Waals surface area contributed by atoms with Crippen LogP contribution in [0.5, 0.6) is 5.75 Å². The van der Waals surface area contributed by atoms with Crippen LogP contribution in [-0.2, 0) is 11.2 Å². The van der Waals surface area contributed by atoms with E-state index in [9.17, 15) is 9.18 Å². The van der Waals surface area contributed by atoms with Crippen LogP contribution >= 0.6 is 11.8 Å². The summed E-state index contributed by atoms with van der Waals surface area (Å²) in [5.41, 5.74) is 1.94. The SMILES string of the molecule is CCc1ccc(NC(=O)[C@@H](C)Sc2nnc([C@H](C)Oc3ccccc3F)o2)cc1. The molecule has 0 radical (unpaired) electrons. The number of thioether (sulfide) groups is 1. The largest absolute Gasteiger partial charge is 0.478 e. The molecule has 0 saturated heterocycles. The highest BCUT2D eigenvalue weighted by atomic mass is 32.2. The predicted octanol–water partition coefficient (Wildman–Crippen LogP) is 5.03. The first-order valence-corrected chi connectivity index (χ1v) is 10.1. The van der Waals surface area contributed by atoms with E-state index in [1.54, 1.807) is 26.0 Å². The van der Waals surface area contributed by atoms with Gasteiger partial charge in [0.25, 0.3) is 11.1 Å². The fourth-order valence-electron chi connectivity index (χ4n) is 2.49. The van der Waals surface area contributed by atoms with Gasteiger partial charge >= 0.3 is 0 Å². The average Bonchev–Trinajstić information content (AvgIpc) is 3.19. The summed E-state index contributed by atoms with van der Waals surface area (Å²) in [4.78, 5) is 12.4. The second-order valence-corrected chi connectivity index (χ2v) is 7.69. The number of ether oxygens (including phenoxy) is 1. The highest BCUT2D eigenvalue weighted by Crippen LogP contribution is 2.27. The molecular formula is C21H22FN3O3S. The number of halogens is 1. The molecule has 0 fully saturated rings. The lowest BCUT2D eigenvalue weighted by Crippen LogP contribution is -2.22. The maximum Gasteiger partial charge on any atom is 0.277 e. The molecule has 0 aliphatic carbocycles. The van der Waals surface area contributed by atoms with Crippen LogP contribution < -0.4 is 10.1 Å². The van der Waals surface area contributed by atoms with Crippen molar-refractivity contribution >= 4 is 23.4 Å². The highest BCUT2D eigenvalue weighted by Gasteiger charge is 2.21. The Labute approximate surface area is 172 Å². The third kappa shape index (κ3) is 5.57. The molecule has 2 atom stereocenters. The molecule has 0 bridgehead atoms. The standard InChI is InChI=1S/C21H22FN3O3S/c1-4-15-9-11-16(12-10-15)23-19(26)14(3)29-21-25-24-20(28-21)13(2)27-18-8-6-5-7-17(18)22/h5-14H,4H2,1-3H3,(H,23,26)/t13-,14+/m0/s1. The van der Waals surface area contributed by atoms with Crippen molar-refractivity contribution in [2.24, 2.45) is 0 Å². The van der Waals surface area contributed by atoms with E-state index in [0.717, 1.165) is 23.9 Å². The van der Waals surface area contributed by atoms with Crippen molar-refractivity contribution in [3.8, 4) is 5.75 Å². The molecule has 29 heavy (non-hydrogen) atoms. The zero-order chi connectivity index (χ0) is 20.8. The van der Waals surface area contributed by atoms with E-state index in [2.05, 4.69) is 22.4 Å². The summed E-state index contributed by atoms with van der Waals surface area (Å²) < 4.78 is 24.8. The fraction of sp³-hybridized carbons (Fsp3) is 0.286. The zero-order valence-corrected chi connectivity index (χ0v) is 17.2. The monoisotopic (exact) mass is 415 g/mol. The van der Waals surface area contributed by atoms with Gasteiger partial charge in [0, 0.05) is 5.69 Å². The zero-order valence-electron chi connectivity index (χ0n) is 16.4. The van der Waals surface area contributed by atoms with Gasteiger partial charge in [-0.15, -0.1) is 10.2 Å². The molecule has 8 heteroatoms. The van der Waals surface area contributed by atoms with Crippen molar-refractivity contribution in [1.82, 2.24) is 10.2 Å². The second-order valence-electron chi connectivity index (χ2n) is 6.40. The lowest BCUT2D eigenvalue weighted by atomic mass is 10.1. The van der Waals surface area contributed by atoms with E-state index < -0.39 is 17.2 Å². The summed E-state index contributed by atoms with van der Waals surface area (Å²) in [7, 11) is 0. The molecule has 1 amide bonds. The lowest BCUT2D eigenvalue weighted by Gasteiger charge is -2.11. The molecule has 0 saturated carbocycles. The summed E-state index contributed by atoms with van der Waals surface area (Å²) in [6, 6.07) is 13.8. The van der Waals surface area contributed by atoms with Gasteiger partial charge in [-0.05, 0) is 50.1 Å². The first-order valence-electron chi connectivity index (χ1n) is 9.27. The number of hydrogen-bond donors (Lipinski definition) is 1. The number of benzene rings is 2. The maximum absolute atomic E-state index is 13.7. The van der Waals surface area contributed by atoms with Crippen LogP contribution in [0, 0.1) is 5.82 Å². The molecule has 3 rings (SSSR count). The Balaban J connectivity index is 1.56. The molecule has 3 aromatic rings. The topological polar surface area (TPSA) is 77.2 Å². The minimum atomic E-state index is -0.630. The van der Waals surface area contributed by atoms with Crippen LogP contribution in [0.1, 0.15) is 38.3 Å². The minimum absolute atomic E-state index is 0.106. The number of carbonyl (C=O) groups is 1. The van der Waals surface area contributed by atoms with Crippen LogP contribution in [0.25, 0.3) is 0 Å². The molecule has 1 N–H and O–H groups in total. The van der Waals surface area contributed by atoms with Gasteiger partial charge in [0.1, 0.15) is 0 Å². The van der Waals surface area contributed by atoms with Gasteiger partial charge < -0.3 is 14.5 Å². The van der Waals surface area contributed by atoms with Crippen LogP contribution in [0.15, 0.2) is 58.2 Å². The number of anilines is 1. The summed E-state index contributed by atoms with van der Waals surface area (Å²) >= 11 is 1.14. The number of hydrogen-bond acceptors (Lipinski definition) is 6. The van der Waals surface area contributed by atoms with Crippen molar-refractivity contribution in [2.75, 3.05) is 5.32 Å². The molecule has 6 nitrogen and oxygen atoms in total. The number of rotatable bonds is 8. The molecule has 0 spiro atoms. The third-order valence-corrected chi connectivity index (χ3v) is 5.12. The van der Waals surface area contributed by atoms with E-state index in [4.69, 9.17) is 9.15 Å². The molecule has 0 aliphatic heterocycles. The van der Waals surface area contributed by atoms with E-state index >= 15 is 0 Å². The Kier molecular flexibility index (Phi) is 6.87. The number of nitrogens with zero attached hydrogens (tertiary/aromatic N) is 2. The fourth-order valence-corrected chi connectivity index (χ4v) is 3.18. The lowest BCUT2D eigenvalue weighted by molar-refractivity contribution is -0.115. The van der Waals surface area contributed by atoms with Crippen LogP contribution in [0.3, 0.4) is 0 Å². The molecular weight excluding hydrogens is 393 g/mol. The first kappa shape index (κ1) is 20.9. The Morgan fingerprint density at radius 1 is 1.17 bits per heavy atom. The quantitative estimate of drug-likeness (QED) is 0.520. The van der Waals surface area contributed by atoms with Gasteiger partial charge in [-0.1, -0.05) is 43.0 Å². The molecule has 0 aliphatic rings. The van der Waals surface area contributed by atoms with Gasteiger partial charge in [0.05, 0.1) is 5.25 Å². The smallest absolute Gasteiger partial charge is 0.277 e. The molecule has 1 aromatic heterocycles. The molecule has 0 unspecified atom stereocenters. The molecule has 1 heterocycles. The Bertz CT molecular complexity index is 962.